The quantitative estimate of drug-likeness (QED) is 0.751. The minimum Gasteiger partial charge on any atom is -0.399 e. The van der Waals surface area contributed by atoms with Gasteiger partial charge in [-0.25, -0.2) is 4.98 Å². The van der Waals surface area contributed by atoms with Crippen LogP contribution in [-0.2, 0) is 0 Å². The van der Waals surface area contributed by atoms with Crippen molar-refractivity contribution in [2.75, 3.05) is 17.7 Å². The Labute approximate surface area is 88.4 Å². The van der Waals surface area contributed by atoms with E-state index in [0.717, 1.165) is 17.2 Å². The van der Waals surface area contributed by atoms with Gasteiger partial charge < -0.3 is 10.6 Å². The molecule has 1 heterocycles. The van der Waals surface area contributed by atoms with Crippen LogP contribution < -0.4 is 10.6 Å². The zero-order valence-corrected chi connectivity index (χ0v) is 8.46. The summed E-state index contributed by atoms with van der Waals surface area (Å²) in [6.07, 6.45) is 5.03. The van der Waals surface area contributed by atoms with E-state index in [2.05, 4.69) is 9.97 Å². The van der Waals surface area contributed by atoms with E-state index in [1.54, 1.807) is 18.6 Å². The van der Waals surface area contributed by atoms with Crippen LogP contribution in [-0.4, -0.2) is 17.0 Å². The Bertz CT molecular complexity index is 441. The topological polar surface area (TPSA) is 55.0 Å². The Balaban J connectivity index is 2.32. The number of nitrogens with zero attached hydrogens (tertiary/aromatic N) is 3. The number of benzene rings is 1. The standard InChI is InChI=1S/C11H12N4/c1-15(11-8-13-5-6-14-11)10-4-2-3-9(12)7-10/h2-8H,12H2,1H3. The summed E-state index contributed by atoms with van der Waals surface area (Å²) in [5.74, 6) is 0.795. The zero-order valence-electron chi connectivity index (χ0n) is 8.46. The molecule has 0 saturated carbocycles. The summed E-state index contributed by atoms with van der Waals surface area (Å²) in [5.41, 5.74) is 7.45. The zero-order chi connectivity index (χ0) is 10.7. The van der Waals surface area contributed by atoms with E-state index in [9.17, 15) is 0 Å². The lowest BCUT2D eigenvalue weighted by atomic mass is 10.2. The maximum atomic E-state index is 5.71. The lowest BCUT2D eigenvalue weighted by Crippen LogP contribution is -2.11. The molecule has 2 rings (SSSR count). The van der Waals surface area contributed by atoms with E-state index in [1.165, 1.54) is 0 Å². The third-order valence-electron chi connectivity index (χ3n) is 2.15. The van der Waals surface area contributed by atoms with Crippen molar-refractivity contribution in [3.05, 3.63) is 42.9 Å². The van der Waals surface area contributed by atoms with Gasteiger partial charge in [0.15, 0.2) is 5.82 Å². The minimum atomic E-state index is 0.739. The van der Waals surface area contributed by atoms with Gasteiger partial charge in [0.1, 0.15) is 0 Å². The lowest BCUT2D eigenvalue weighted by Gasteiger charge is -2.17. The van der Waals surface area contributed by atoms with E-state index in [0.29, 0.717) is 0 Å². The monoisotopic (exact) mass is 200 g/mol. The van der Waals surface area contributed by atoms with Crippen LogP contribution in [0.2, 0.25) is 0 Å². The van der Waals surface area contributed by atoms with Gasteiger partial charge in [-0.05, 0) is 18.2 Å². The molecule has 0 fully saturated rings. The summed E-state index contributed by atoms with van der Waals surface area (Å²) in [7, 11) is 1.93. The van der Waals surface area contributed by atoms with Crippen molar-refractivity contribution in [2.24, 2.45) is 0 Å². The molecule has 4 nitrogen and oxygen atoms in total. The van der Waals surface area contributed by atoms with E-state index in [-0.39, 0.29) is 0 Å². The van der Waals surface area contributed by atoms with Gasteiger partial charge in [-0.15, -0.1) is 0 Å². The van der Waals surface area contributed by atoms with Crippen LogP contribution in [0.25, 0.3) is 0 Å². The molecule has 0 aliphatic heterocycles. The largest absolute Gasteiger partial charge is 0.399 e. The van der Waals surface area contributed by atoms with Gasteiger partial charge in [-0.1, -0.05) is 6.07 Å². The number of anilines is 3. The fraction of sp³-hybridized carbons (Fsp3) is 0.0909. The normalized spacial score (nSPS) is 9.93. The molecular formula is C11H12N4. The van der Waals surface area contributed by atoms with Crippen molar-refractivity contribution in [1.82, 2.24) is 9.97 Å². The van der Waals surface area contributed by atoms with Gasteiger partial charge in [0, 0.05) is 30.8 Å². The van der Waals surface area contributed by atoms with E-state index < -0.39 is 0 Å². The summed E-state index contributed by atoms with van der Waals surface area (Å²) >= 11 is 0. The molecule has 76 valence electrons. The average Bonchev–Trinajstić information content (AvgIpc) is 2.29. The molecule has 0 aliphatic rings. The first-order valence-corrected chi connectivity index (χ1v) is 4.62. The third-order valence-corrected chi connectivity index (χ3v) is 2.15. The van der Waals surface area contributed by atoms with E-state index in [1.807, 2.05) is 36.2 Å². The van der Waals surface area contributed by atoms with Crippen LogP contribution in [0.1, 0.15) is 0 Å². The highest BCUT2D eigenvalue weighted by molar-refractivity contribution is 5.62. The first-order valence-electron chi connectivity index (χ1n) is 4.62. The molecule has 1 aromatic carbocycles. The van der Waals surface area contributed by atoms with Gasteiger partial charge in [0.05, 0.1) is 6.20 Å². The van der Waals surface area contributed by atoms with Crippen LogP contribution in [0.4, 0.5) is 17.2 Å². The molecule has 2 N–H and O–H groups in total. The number of rotatable bonds is 2. The molecule has 0 bridgehead atoms. The summed E-state index contributed by atoms with van der Waals surface area (Å²) < 4.78 is 0. The first-order chi connectivity index (χ1) is 7.27. The Morgan fingerprint density at radius 3 is 2.80 bits per heavy atom. The highest BCUT2D eigenvalue weighted by atomic mass is 15.2. The maximum Gasteiger partial charge on any atom is 0.151 e. The number of hydrogen-bond donors (Lipinski definition) is 1. The van der Waals surface area contributed by atoms with Crippen LogP contribution in [0.15, 0.2) is 42.9 Å². The van der Waals surface area contributed by atoms with Crippen LogP contribution in [0, 0.1) is 0 Å². The predicted molar refractivity (Wildman–Crippen MR) is 60.9 cm³/mol. The first kappa shape index (κ1) is 9.45. The highest BCUT2D eigenvalue weighted by Gasteiger charge is 2.04. The Morgan fingerprint density at radius 1 is 1.27 bits per heavy atom. The molecule has 4 heteroatoms. The molecule has 0 spiro atoms. The Hall–Kier alpha value is -2.10. The van der Waals surface area contributed by atoms with Crippen molar-refractivity contribution in [3.63, 3.8) is 0 Å². The Morgan fingerprint density at radius 2 is 2.13 bits per heavy atom. The molecule has 1 aromatic heterocycles. The summed E-state index contributed by atoms with van der Waals surface area (Å²) in [6, 6.07) is 7.64. The van der Waals surface area contributed by atoms with Gasteiger partial charge in [0.25, 0.3) is 0 Å². The van der Waals surface area contributed by atoms with Gasteiger partial charge in [0.2, 0.25) is 0 Å². The molecule has 0 aliphatic carbocycles. The molecule has 0 amide bonds. The number of nitrogen functional groups attached to an aromatic ring is 1. The molecule has 15 heavy (non-hydrogen) atoms. The molecular weight excluding hydrogens is 188 g/mol. The SMILES string of the molecule is CN(c1cccc(N)c1)c1cnccn1. The third kappa shape index (κ3) is 2.04. The highest BCUT2D eigenvalue weighted by Crippen LogP contribution is 2.21. The Kier molecular flexibility index (Phi) is 2.49. The van der Waals surface area contributed by atoms with Gasteiger partial charge in [-0.3, -0.25) is 4.98 Å². The lowest BCUT2D eigenvalue weighted by molar-refractivity contribution is 1.09. The molecule has 0 radical (unpaired) electrons. The fourth-order valence-corrected chi connectivity index (χ4v) is 1.33. The van der Waals surface area contributed by atoms with Crippen molar-refractivity contribution in [3.8, 4) is 0 Å². The van der Waals surface area contributed by atoms with Crippen LogP contribution in [0.3, 0.4) is 0 Å². The predicted octanol–water partition coefficient (Wildman–Crippen LogP) is 1.83. The van der Waals surface area contributed by atoms with Crippen molar-refractivity contribution in [2.45, 2.75) is 0 Å². The van der Waals surface area contributed by atoms with E-state index in [4.69, 9.17) is 5.73 Å². The van der Waals surface area contributed by atoms with Gasteiger partial charge >= 0.3 is 0 Å². The van der Waals surface area contributed by atoms with Crippen molar-refractivity contribution in [1.29, 1.82) is 0 Å². The summed E-state index contributed by atoms with van der Waals surface area (Å²) in [5, 5.41) is 0. The summed E-state index contributed by atoms with van der Waals surface area (Å²) in [4.78, 5) is 10.2. The van der Waals surface area contributed by atoms with Crippen LogP contribution >= 0.6 is 0 Å². The number of aromatic nitrogens is 2. The number of hydrogen-bond acceptors (Lipinski definition) is 4. The van der Waals surface area contributed by atoms with Crippen LogP contribution in [0.5, 0.6) is 0 Å². The van der Waals surface area contributed by atoms with Gasteiger partial charge in [-0.2, -0.15) is 0 Å². The average molecular weight is 200 g/mol. The maximum absolute atomic E-state index is 5.71. The van der Waals surface area contributed by atoms with E-state index >= 15 is 0 Å². The second-order valence-corrected chi connectivity index (χ2v) is 3.22. The molecule has 0 atom stereocenters. The van der Waals surface area contributed by atoms with Crippen molar-refractivity contribution >= 4 is 17.2 Å². The fourth-order valence-electron chi connectivity index (χ4n) is 1.33. The second kappa shape index (κ2) is 3.96. The number of nitrogens with two attached hydrogens (primary N) is 1. The minimum absolute atomic E-state index is 0.739. The molecule has 2 aromatic rings. The van der Waals surface area contributed by atoms with Crippen molar-refractivity contribution < 1.29 is 0 Å². The summed E-state index contributed by atoms with van der Waals surface area (Å²) in [6.45, 7) is 0. The molecule has 0 unspecified atom stereocenters. The smallest absolute Gasteiger partial charge is 0.151 e. The second-order valence-electron chi connectivity index (χ2n) is 3.22. The molecule has 0 saturated heterocycles.